The molecule has 174 valence electrons. The summed E-state index contributed by atoms with van der Waals surface area (Å²) in [5.41, 5.74) is 28.1. The maximum Gasteiger partial charge on any atom is 0.176 e. The van der Waals surface area contributed by atoms with Gasteiger partial charge in [0, 0.05) is 18.6 Å². The third-order valence-electron chi connectivity index (χ3n) is 5.17. The Morgan fingerprint density at radius 3 is 2.17 bits per heavy atom. The van der Waals surface area contributed by atoms with Crippen LogP contribution in [0.25, 0.3) is 0 Å². The van der Waals surface area contributed by atoms with Crippen LogP contribution in [0.4, 0.5) is 0 Å². The van der Waals surface area contributed by atoms with Crippen molar-refractivity contribution in [3.8, 4) is 0 Å². The highest BCUT2D eigenvalue weighted by atomic mass is 16.7. The van der Waals surface area contributed by atoms with Crippen molar-refractivity contribution in [3.05, 3.63) is 0 Å². The molecule has 29 heavy (non-hydrogen) atoms. The Hall–Kier alpha value is -0.480. The van der Waals surface area contributed by atoms with E-state index in [1.54, 1.807) is 0 Å². The lowest BCUT2D eigenvalue weighted by Crippen LogP contribution is -2.67. The number of nitrogens with two attached hydrogens (primary N) is 5. The van der Waals surface area contributed by atoms with Crippen LogP contribution in [0.3, 0.4) is 0 Å². The molecule has 15 N–H and O–H groups in total. The van der Waals surface area contributed by atoms with E-state index in [0.29, 0.717) is 0 Å². The maximum absolute atomic E-state index is 10.1. The van der Waals surface area contributed by atoms with Gasteiger partial charge in [-0.15, -0.1) is 0 Å². The van der Waals surface area contributed by atoms with Gasteiger partial charge in [0.1, 0.15) is 30.5 Å². The average molecular weight is 425 g/mol. The van der Waals surface area contributed by atoms with Gasteiger partial charge in [0.25, 0.3) is 0 Å². The molecule has 0 bridgehead atoms. The number of ether oxygens (including phenoxy) is 2. The van der Waals surface area contributed by atoms with Crippen LogP contribution in [0.1, 0.15) is 19.8 Å². The highest BCUT2D eigenvalue weighted by molar-refractivity contribution is 4.99. The van der Waals surface area contributed by atoms with Crippen molar-refractivity contribution in [2.24, 2.45) is 28.7 Å². The minimum Gasteiger partial charge on any atom is -0.389 e. The van der Waals surface area contributed by atoms with E-state index in [2.05, 4.69) is 12.2 Å². The molecule has 2 fully saturated rings. The summed E-state index contributed by atoms with van der Waals surface area (Å²) in [5.74, 6) is 0. The maximum atomic E-state index is 10.1. The van der Waals surface area contributed by atoms with Crippen molar-refractivity contribution in [1.82, 2.24) is 5.32 Å². The Morgan fingerprint density at radius 1 is 0.966 bits per heavy atom. The number of rotatable bonds is 7. The summed E-state index contributed by atoms with van der Waals surface area (Å²) in [6.45, 7) is 4.97. The van der Waals surface area contributed by atoms with Crippen LogP contribution in [-0.2, 0) is 9.47 Å². The standard InChI is InChI=1S/C12H26N4O6.C5H14N2/c13-2-5-8(18)9(19)6(16)12(21-5)22-11-4(15)1-3(14)7(17)10(11)20;1-2-7-5-3-4-6/h3-12,17-20H,1-2,13-16H2;7H,2-6H2,1H3. The summed E-state index contributed by atoms with van der Waals surface area (Å²) in [7, 11) is 0. The third kappa shape index (κ3) is 7.31. The van der Waals surface area contributed by atoms with E-state index in [1.165, 1.54) is 0 Å². The van der Waals surface area contributed by atoms with Crippen molar-refractivity contribution in [3.63, 3.8) is 0 Å². The predicted molar refractivity (Wildman–Crippen MR) is 107 cm³/mol. The monoisotopic (exact) mass is 424 g/mol. The minimum absolute atomic E-state index is 0.0441. The van der Waals surface area contributed by atoms with Gasteiger partial charge in [-0.1, -0.05) is 6.92 Å². The molecule has 1 saturated carbocycles. The van der Waals surface area contributed by atoms with Crippen molar-refractivity contribution in [1.29, 1.82) is 0 Å². The summed E-state index contributed by atoms with van der Waals surface area (Å²) >= 11 is 0. The molecule has 2 aliphatic rings. The van der Waals surface area contributed by atoms with Crippen LogP contribution in [0.2, 0.25) is 0 Å². The van der Waals surface area contributed by atoms with Crippen molar-refractivity contribution in [2.45, 2.75) is 80.8 Å². The van der Waals surface area contributed by atoms with E-state index in [0.717, 1.165) is 26.1 Å². The third-order valence-corrected chi connectivity index (χ3v) is 5.17. The second-order valence-corrected chi connectivity index (χ2v) is 7.48. The Kier molecular flexibility index (Phi) is 11.9. The van der Waals surface area contributed by atoms with Gasteiger partial charge >= 0.3 is 0 Å². The van der Waals surface area contributed by atoms with E-state index in [9.17, 15) is 20.4 Å². The number of nitrogens with one attached hydrogen (secondary N) is 1. The molecule has 1 saturated heterocycles. The van der Waals surface area contributed by atoms with Gasteiger partial charge < -0.3 is 63.9 Å². The van der Waals surface area contributed by atoms with Crippen molar-refractivity contribution >= 4 is 0 Å². The molecule has 0 aromatic rings. The molecule has 0 radical (unpaired) electrons. The summed E-state index contributed by atoms with van der Waals surface area (Å²) in [6.07, 6.45) is -6.64. The lowest BCUT2D eigenvalue weighted by atomic mass is 9.84. The molecule has 12 heteroatoms. The molecule has 2 rings (SSSR count). The van der Waals surface area contributed by atoms with Gasteiger partial charge in [-0.3, -0.25) is 0 Å². The average Bonchev–Trinajstić information content (AvgIpc) is 2.70. The first-order valence-electron chi connectivity index (χ1n) is 10.1. The zero-order valence-corrected chi connectivity index (χ0v) is 17.0. The fourth-order valence-corrected chi connectivity index (χ4v) is 3.30. The summed E-state index contributed by atoms with van der Waals surface area (Å²) in [6, 6.07) is -2.34. The molecule has 0 spiro atoms. The predicted octanol–water partition coefficient (Wildman–Crippen LogP) is -5.17. The summed E-state index contributed by atoms with van der Waals surface area (Å²) in [4.78, 5) is 0. The SMILES string of the molecule is CCNCCCN.NCC1OC(OC2C(N)CC(N)C(O)C2O)C(N)C(O)C1O. The zero-order valence-electron chi connectivity index (χ0n) is 17.0. The molecule has 0 amide bonds. The quantitative estimate of drug-likeness (QED) is 0.172. The smallest absolute Gasteiger partial charge is 0.176 e. The van der Waals surface area contributed by atoms with Crippen LogP contribution >= 0.6 is 0 Å². The largest absolute Gasteiger partial charge is 0.389 e. The van der Waals surface area contributed by atoms with Gasteiger partial charge in [-0.2, -0.15) is 0 Å². The molecule has 12 nitrogen and oxygen atoms in total. The second-order valence-electron chi connectivity index (χ2n) is 7.48. The molecule has 0 aromatic heterocycles. The van der Waals surface area contributed by atoms with Gasteiger partial charge in [0.2, 0.25) is 0 Å². The minimum atomic E-state index is -1.31. The number of aliphatic hydroxyl groups is 4. The summed E-state index contributed by atoms with van der Waals surface area (Å²) in [5, 5.41) is 42.8. The van der Waals surface area contributed by atoms with E-state index in [-0.39, 0.29) is 13.0 Å². The van der Waals surface area contributed by atoms with Crippen LogP contribution in [-0.4, -0.2) is 108 Å². The fraction of sp³-hybridized carbons (Fsp3) is 1.00. The van der Waals surface area contributed by atoms with Crippen LogP contribution < -0.4 is 34.0 Å². The lowest BCUT2D eigenvalue weighted by molar-refractivity contribution is -0.287. The van der Waals surface area contributed by atoms with E-state index >= 15 is 0 Å². The first-order chi connectivity index (χ1) is 13.7. The van der Waals surface area contributed by atoms with E-state index in [1.807, 2.05) is 0 Å². The van der Waals surface area contributed by atoms with Gasteiger partial charge in [0.15, 0.2) is 6.29 Å². The molecule has 1 aliphatic carbocycles. The fourth-order valence-electron chi connectivity index (χ4n) is 3.30. The molecule has 0 aromatic carbocycles. The lowest BCUT2D eigenvalue weighted by Gasteiger charge is -2.45. The molecular weight excluding hydrogens is 384 g/mol. The normalized spacial score (nSPS) is 42.8. The second kappa shape index (κ2) is 13.0. The molecule has 1 aliphatic heterocycles. The Bertz CT molecular complexity index is 447. The van der Waals surface area contributed by atoms with Gasteiger partial charge in [0.05, 0.1) is 12.1 Å². The van der Waals surface area contributed by atoms with Crippen LogP contribution in [0.15, 0.2) is 0 Å². The highest BCUT2D eigenvalue weighted by Crippen LogP contribution is 2.26. The molecule has 10 unspecified atom stereocenters. The Morgan fingerprint density at radius 2 is 1.62 bits per heavy atom. The topological polar surface area (TPSA) is 242 Å². The Labute approximate surface area is 171 Å². The van der Waals surface area contributed by atoms with Crippen molar-refractivity contribution in [2.75, 3.05) is 26.2 Å². The van der Waals surface area contributed by atoms with Crippen LogP contribution in [0, 0.1) is 0 Å². The van der Waals surface area contributed by atoms with E-state index in [4.69, 9.17) is 38.1 Å². The van der Waals surface area contributed by atoms with Crippen molar-refractivity contribution < 1.29 is 29.9 Å². The first-order valence-corrected chi connectivity index (χ1v) is 10.1. The van der Waals surface area contributed by atoms with Gasteiger partial charge in [-0.25, -0.2) is 0 Å². The number of hydrogen-bond donors (Lipinski definition) is 10. The van der Waals surface area contributed by atoms with Crippen LogP contribution in [0.5, 0.6) is 0 Å². The van der Waals surface area contributed by atoms with E-state index < -0.39 is 61.0 Å². The first kappa shape index (κ1) is 26.6. The Balaban J connectivity index is 0.000000516. The zero-order chi connectivity index (χ0) is 22.1. The summed E-state index contributed by atoms with van der Waals surface area (Å²) < 4.78 is 11.0. The highest BCUT2D eigenvalue weighted by Gasteiger charge is 2.47. The molecular formula is C17H40N6O6. The molecule has 10 atom stereocenters. The molecule has 1 heterocycles. The number of hydrogen-bond acceptors (Lipinski definition) is 12. The number of aliphatic hydroxyl groups excluding tert-OH is 4. The van der Waals surface area contributed by atoms with Gasteiger partial charge in [-0.05, 0) is 32.5 Å².